The van der Waals surface area contributed by atoms with Crippen LogP contribution in [-0.4, -0.2) is 41.1 Å². The molecule has 0 aromatic carbocycles. The van der Waals surface area contributed by atoms with Crippen molar-refractivity contribution in [1.29, 1.82) is 0 Å². The first-order chi connectivity index (χ1) is 7.02. The Hall–Kier alpha value is -1.23. The smallest absolute Gasteiger partial charge is 0.326 e. The highest BCUT2D eigenvalue weighted by Crippen LogP contribution is 2.17. The lowest BCUT2D eigenvalue weighted by atomic mass is 10.2. The number of carbonyl (C=O) groups is 2. The average Bonchev–Trinajstić information content (AvgIpc) is 2.62. The topological polar surface area (TPSA) is 69.6 Å². The maximum absolute atomic E-state index is 11.5. The standard InChI is InChI=1S/C9H13ClN2O3/c1-6(10)5-11-9(15)12-4-2-3-7(12)8(13)14/h7H,1-5H2,(H,11,15)(H,13,14). The van der Waals surface area contributed by atoms with Crippen molar-refractivity contribution < 1.29 is 14.7 Å². The molecule has 0 radical (unpaired) electrons. The molecule has 1 aliphatic rings. The number of urea groups is 1. The summed E-state index contributed by atoms with van der Waals surface area (Å²) >= 11 is 5.48. The van der Waals surface area contributed by atoms with Gasteiger partial charge in [0.05, 0.1) is 6.54 Å². The number of nitrogens with zero attached hydrogens (tertiary/aromatic N) is 1. The zero-order chi connectivity index (χ0) is 11.4. The van der Waals surface area contributed by atoms with Crippen molar-refractivity contribution >= 4 is 23.6 Å². The normalized spacial score (nSPS) is 20.1. The Morgan fingerprint density at radius 3 is 2.80 bits per heavy atom. The summed E-state index contributed by atoms with van der Waals surface area (Å²) in [5.41, 5.74) is 0. The minimum atomic E-state index is -0.965. The van der Waals surface area contributed by atoms with Crippen LogP contribution in [0.25, 0.3) is 0 Å². The Bertz CT molecular complexity index is 293. The maximum atomic E-state index is 11.5. The highest BCUT2D eigenvalue weighted by molar-refractivity contribution is 6.29. The van der Waals surface area contributed by atoms with E-state index in [1.165, 1.54) is 4.90 Å². The maximum Gasteiger partial charge on any atom is 0.326 e. The summed E-state index contributed by atoms with van der Waals surface area (Å²) < 4.78 is 0. The second-order valence-corrected chi connectivity index (χ2v) is 3.90. The molecule has 2 N–H and O–H groups in total. The van der Waals surface area contributed by atoms with Crippen LogP contribution in [0.15, 0.2) is 11.6 Å². The fourth-order valence-electron chi connectivity index (χ4n) is 1.54. The first-order valence-corrected chi connectivity index (χ1v) is 5.00. The lowest BCUT2D eigenvalue weighted by Gasteiger charge is -2.21. The van der Waals surface area contributed by atoms with Crippen LogP contribution in [0.1, 0.15) is 12.8 Å². The van der Waals surface area contributed by atoms with E-state index in [0.717, 1.165) is 0 Å². The second-order valence-electron chi connectivity index (χ2n) is 3.37. The van der Waals surface area contributed by atoms with Gasteiger partial charge in [0.2, 0.25) is 0 Å². The van der Waals surface area contributed by atoms with Crippen LogP contribution in [0.5, 0.6) is 0 Å². The van der Waals surface area contributed by atoms with Crippen LogP contribution in [-0.2, 0) is 4.79 Å². The largest absolute Gasteiger partial charge is 0.480 e. The van der Waals surface area contributed by atoms with Crippen LogP contribution >= 0.6 is 11.6 Å². The summed E-state index contributed by atoms with van der Waals surface area (Å²) in [5, 5.41) is 11.7. The van der Waals surface area contributed by atoms with Crippen molar-refractivity contribution in [3.8, 4) is 0 Å². The van der Waals surface area contributed by atoms with Gasteiger partial charge >= 0.3 is 12.0 Å². The van der Waals surface area contributed by atoms with E-state index in [0.29, 0.717) is 24.4 Å². The van der Waals surface area contributed by atoms with Crippen LogP contribution in [0.3, 0.4) is 0 Å². The number of carboxylic acids is 1. The molecule has 1 heterocycles. The molecule has 15 heavy (non-hydrogen) atoms. The molecule has 1 atom stereocenters. The van der Waals surface area contributed by atoms with E-state index < -0.39 is 18.0 Å². The van der Waals surface area contributed by atoms with E-state index in [9.17, 15) is 9.59 Å². The predicted octanol–water partition coefficient (Wildman–Crippen LogP) is 0.998. The van der Waals surface area contributed by atoms with E-state index in [1.54, 1.807) is 0 Å². The van der Waals surface area contributed by atoms with Gasteiger partial charge in [-0.2, -0.15) is 0 Å². The van der Waals surface area contributed by atoms with Crippen LogP contribution in [0.2, 0.25) is 0 Å². The predicted molar refractivity (Wildman–Crippen MR) is 55.8 cm³/mol. The number of aliphatic carboxylic acids is 1. The van der Waals surface area contributed by atoms with Crippen molar-refractivity contribution in [1.82, 2.24) is 10.2 Å². The summed E-state index contributed by atoms with van der Waals surface area (Å²) in [6.45, 7) is 4.05. The number of nitrogens with one attached hydrogen (secondary N) is 1. The fraction of sp³-hybridized carbons (Fsp3) is 0.556. The lowest BCUT2D eigenvalue weighted by Crippen LogP contribution is -2.46. The van der Waals surface area contributed by atoms with E-state index in [-0.39, 0.29) is 6.54 Å². The number of amides is 2. The Kier molecular flexibility index (Phi) is 3.96. The zero-order valence-corrected chi connectivity index (χ0v) is 8.96. The molecule has 0 aliphatic carbocycles. The van der Waals surface area contributed by atoms with Gasteiger partial charge in [-0.25, -0.2) is 9.59 Å². The van der Waals surface area contributed by atoms with Gasteiger partial charge in [-0.1, -0.05) is 18.2 Å². The molecule has 5 nitrogen and oxygen atoms in total. The molecular weight excluding hydrogens is 220 g/mol. The van der Waals surface area contributed by atoms with Gasteiger partial charge in [0.15, 0.2) is 0 Å². The molecule has 6 heteroatoms. The third kappa shape index (κ3) is 3.13. The van der Waals surface area contributed by atoms with E-state index in [4.69, 9.17) is 16.7 Å². The Morgan fingerprint density at radius 1 is 1.60 bits per heavy atom. The molecule has 0 saturated carbocycles. The highest BCUT2D eigenvalue weighted by Gasteiger charge is 2.33. The molecule has 1 fully saturated rings. The van der Waals surface area contributed by atoms with Crippen molar-refractivity contribution in [3.63, 3.8) is 0 Å². The number of halogens is 1. The molecular formula is C9H13ClN2O3. The third-order valence-electron chi connectivity index (χ3n) is 2.23. The monoisotopic (exact) mass is 232 g/mol. The number of carboxylic acid groups (broad SMARTS) is 1. The van der Waals surface area contributed by atoms with Crippen molar-refractivity contribution in [2.45, 2.75) is 18.9 Å². The number of hydrogen-bond acceptors (Lipinski definition) is 2. The summed E-state index contributed by atoms with van der Waals surface area (Å²) in [6, 6.07) is -1.12. The SMILES string of the molecule is C=C(Cl)CNC(=O)N1CCCC1C(=O)O. The minimum Gasteiger partial charge on any atom is -0.480 e. The molecule has 2 amide bonds. The van der Waals surface area contributed by atoms with E-state index in [1.807, 2.05) is 0 Å². The Labute approximate surface area is 92.7 Å². The lowest BCUT2D eigenvalue weighted by molar-refractivity contribution is -0.141. The van der Waals surface area contributed by atoms with Gasteiger partial charge in [0.1, 0.15) is 6.04 Å². The van der Waals surface area contributed by atoms with Gasteiger partial charge in [-0.15, -0.1) is 0 Å². The van der Waals surface area contributed by atoms with Crippen molar-refractivity contribution in [2.75, 3.05) is 13.1 Å². The summed E-state index contributed by atoms with van der Waals surface area (Å²) in [5.74, 6) is -0.965. The van der Waals surface area contributed by atoms with Crippen molar-refractivity contribution in [3.05, 3.63) is 11.6 Å². The summed E-state index contributed by atoms with van der Waals surface area (Å²) in [7, 11) is 0. The first-order valence-electron chi connectivity index (χ1n) is 4.63. The molecule has 0 bridgehead atoms. The van der Waals surface area contributed by atoms with Gasteiger partial charge in [-0.05, 0) is 12.8 Å². The summed E-state index contributed by atoms with van der Waals surface area (Å²) in [6.07, 6.45) is 1.22. The van der Waals surface area contributed by atoms with Crippen LogP contribution in [0.4, 0.5) is 4.79 Å². The molecule has 84 valence electrons. The van der Waals surface area contributed by atoms with E-state index in [2.05, 4.69) is 11.9 Å². The first kappa shape index (κ1) is 11.8. The van der Waals surface area contributed by atoms with Crippen LogP contribution < -0.4 is 5.32 Å². The summed E-state index contributed by atoms with van der Waals surface area (Å²) in [4.78, 5) is 23.6. The molecule has 0 spiro atoms. The van der Waals surface area contributed by atoms with Gasteiger partial charge in [0.25, 0.3) is 0 Å². The molecule has 1 rings (SSSR count). The molecule has 1 saturated heterocycles. The van der Waals surface area contributed by atoms with Crippen molar-refractivity contribution in [2.24, 2.45) is 0 Å². The molecule has 1 aliphatic heterocycles. The fourth-order valence-corrected chi connectivity index (χ4v) is 1.61. The highest BCUT2D eigenvalue weighted by atomic mass is 35.5. The minimum absolute atomic E-state index is 0.156. The zero-order valence-electron chi connectivity index (χ0n) is 8.20. The third-order valence-corrected chi connectivity index (χ3v) is 2.36. The van der Waals surface area contributed by atoms with Gasteiger partial charge in [-0.3, -0.25) is 0 Å². The quantitative estimate of drug-likeness (QED) is 0.763. The molecule has 0 aromatic heterocycles. The van der Waals surface area contributed by atoms with Gasteiger partial charge < -0.3 is 15.3 Å². The number of hydrogen-bond donors (Lipinski definition) is 2. The number of carbonyl (C=O) groups excluding carboxylic acids is 1. The number of rotatable bonds is 3. The molecule has 0 aromatic rings. The Balaban J connectivity index is 2.51. The van der Waals surface area contributed by atoms with Crippen LogP contribution in [0, 0.1) is 0 Å². The number of likely N-dealkylation sites (tertiary alicyclic amines) is 1. The average molecular weight is 233 g/mol. The second kappa shape index (κ2) is 5.02. The Morgan fingerprint density at radius 2 is 2.27 bits per heavy atom. The molecule has 1 unspecified atom stereocenters. The van der Waals surface area contributed by atoms with Gasteiger partial charge in [0, 0.05) is 11.6 Å². The van der Waals surface area contributed by atoms with E-state index >= 15 is 0 Å².